The monoisotopic (exact) mass is 723 g/mol. The second-order valence-corrected chi connectivity index (χ2v) is 67.3. The fourth-order valence-electron chi connectivity index (χ4n) is 7.73. The Labute approximate surface area is 237 Å². The average Bonchev–Trinajstić information content (AvgIpc) is 3.48. The van der Waals surface area contributed by atoms with E-state index in [1.54, 1.807) is 0 Å². The second kappa shape index (κ2) is 10.5. The molecule has 38 heavy (non-hydrogen) atoms. The Morgan fingerprint density at radius 3 is 1.11 bits per heavy atom. The Morgan fingerprint density at radius 2 is 0.816 bits per heavy atom. The summed E-state index contributed by atoms with van der Waals surface area (Å²) in [6.07, 6.45) is 4.87. The van der Waals surface area contributed by atoms with E-state index in [1.807, 2.05) is 0 Å². The maximum absolute atomic E-state index is 8.80. The molecule has 0 amide bonds. The van der Waals surface area contributed by atoms with Crippen LogP contribution in [0.5, 0.6) is 0 Å². The molecule has 0 spiro atoms. The van der Waals surface area contributed by atoms with Gasteiger partial charge in [0.2, 0.25) is 0 Å². The summed E-state index contributed by atoms with van der Waals surface area (Å²) in [5.74, 6) is -1.61. The molecule has 2 aliphatic rings. The molecule has 0 saturated carbocycles. The van der Waals surface area contributed by atoms with Crippen LogP contribution in [0.15, 0.2) is 97.1 Å². The van der Waals surface area contributed by atoms with Crippen molar-refractivity contribution in [2.24, 2.45) is 0 Å². The van der Waals surface area contributed by atoms with Gasteiger partial charge < -0.3 is 0 Å². The van der Waals surface area contributed by atoms with Crippen molar-refractivity contribution in [1.82, 2.24) is 0 Å². The number of unbranched alkanes of at least 4 members (excludes halogenated alkanes) is 2. The van der Waals surface area contributed by atoms with Gasteiger partial charge in [-0.25, -0.2) is 0 Å². The molecule has 195 valence electrons. The molecule has 0 heterocycles. The van der Waals surface area contributed by atoms with Crippen LogP contribution in [0.25, 0.3) is 22.3 Å². The van der Waals surface area contributed by atoms with Crippen molar-refractivity contribution in [1.29, 1.82) is 0 Å². The number of hydrogen-bond donors (Lipinski definition) is 0. The third-order valence-corrected chi connectivity index (χ3v) is 76.3. The first-order valence-corrected chi connectivity index (χ1v) is 35.9. The molecule has 0 saturated heterocycles. The van der Waals surface area contributed by atoms with Gasteiger partial charge in [0.25, 0.3) is 0 Å². The van der Waals surface area contributed by atoms with Crippen LogP contribution in [0.3, 0.4) is 0 Å². The number of rotatable bonds is 9. The summed E-state index contributed by atoms with van der Waals surface area (Å²) >= 11 is -5.00. The molecule has 0 aromatic heterocycles. The molecular weight excluding hydrogens is 686 g/mol. The van der Waals surface area contributed by atoms with Gasteiger partial charge in [0.15, 0.2) is 0 Å². The van der Waals surface area contributed by atoms with E-state index in [9.17, 15) is 0 Å². The Hall–Kier alpha value is -1.45. The molecular formula is C34H37Cl2HfSi. The summed E-state index contributed by atoms with van der Waals surface area (Å²) in [5.41, 5.74) is 10.9. The molecule has 0 atom stereocenters. The molecule has 0 N–H and O–H groups in total. The van der Waals surface area contributed by atoms with Crippen LogP contribution < -0.4 is 0 Å². The van der Waals surface area contributed by atoms with Gasteiger partial charge in [-0.3, -0.25) is 0 Å². The van der Waals surface area contributed by atoms with Crippen molar-refractivity contribution in [2.75, 3.05) is 0 Å². The minimum atomic E-state index is -5.00. The van der Waals surface area contributed by atoms with Gasteiger partial charge in [0, 0.05) is 0 Å². The Balaban J connectivity index is 1.69. The van der Waals surface area contributed by atoms with Crippen LogP contribution in [-0.4, -0.2) is 5.98 Å². The number of benzene rings is 4. The van der Waals surface area contributed by atoms with Crippen molar-refractivity contribution in [3.8, 4) is 22.3 Å². The van der Waals surface area contributed by atoms with Crippen LogP contribution in [0.4, 0.5) is 0 Å². The third kappa shape index (κ3) is 4.00. The first kappa shape index (κ1) is 26.8. The molecule has 0 unspecified atom stereocenters. The van der Waals surface area contributed by atoms with Crippen LogP contribution >= 0.6 is 17.2 Å². The number of halogens is 2. The molecule has 0 aliphatic heterocycles. The van der Waals surface area contributed by atoms with E-state index in [4.69, 9.17) is 17.2 Å². The minimum absolute atomic E-state index is 0.136. The normalized spacial score (nSPS) is 15.6. The molecule has 0 radical (unpaired) electrons. The van der Waals surface area contributed by atoms with Gasteiger partial charge in [0.05, 0.1) is 0 Å². The summed E-state index contributed by atoms with van der Waals surface area (Å²) in [6.45, 7) is 4.64. The van der Waals surface area contributed by atoms with E-state index < -0.39 is 21.3 Å². The fourth-order valence-corrected chi connectivity index (χ4v) is 76.0. The van der Waals surface area contributed by atoms with Crippen molar-refractivity contribution >= 4 is 23.1 Å². The summed E-state index contributed by atoms with van der Waals surface area (Å²) in [4.78, 5) is 0. The zero-order valence-corrected chi connectivity index (χ0v) is 28.7. The topological polar surface area (TPSA) is 0 Å². The van der Waals surface area contributed by atoms with Gasteiger partial charge >= 0.3 is 239 Å². The summed E-state index contributed by atoms with van der Waals surface area (Å²) in [7, 11) is 17.6. The standard InChI is InChI=1S/2C13H9.C8H19Si.2ClH.Hf/c2*1-3-7-12-10(5-1)9-11-6-2-4-8-13(11)12;1-3-5-7-9-8-6-4-2;;;/h2*1-9H;9H,3-8H2,1-2H3;2*1H;/q;;;;;+2/p-2. The van der Waals surface area contributed by atoms with E-state index in [-0.39, 0.29) is 7.35 Å². The Bertz CT molecular complexity index is 1280. The van der Waals surface area contributed by atoms with Crippen molar-refractivity contribution in [2.45, 2.75) is 59.0 Å². The molecule has 4 aromatic rings. The summed E-state index contributed by atoms with van der Waals surface area (Å²) in [5, 5.41) is 0. The SMILES string of the molecule is CCCC[SiH](CCCC)[Hf]([Cl])([Cl])([CH]1c2ccccc2-c2ccccc21)[CH]1c2ccccc2-c2ccccc21. The summed E-state index contributed by atoms with van der Waals surface area (Å²) < 4.78 is 0.273. The van der Waals surface area contributed by atoms with E-state index in [0.717, 1.165) is 0 Å². The predicted molar refractivity (Wildman–Crippen MR) is 166 cm³/mol. The number of fused-ring (bicyclic) bond motifs is 6. The average molecular weight is 723 g/mol. The van der Waals surface area contributed by atoms with Crippen LogP contribution in [0.2, 0.25) is 12.1 Å². The van der Waals surface area contributed by atoms with E-state index in [2.05, 4.69) is 111 Å². The molecule has 4 aromatic carbocycles. The molecule has 6 rings (SSSR count). The fraction of sp³-hybridized carbons (Fsp3) is 0.294. The van der Waals surface area contributed by atoms with Crippen LogP contribution in [-0.2, 0) is 15.3 Å². The van der Waals surface area contributed by atoms with Gasteiger partial charge in [0.1, 0.15) is 0 Å². The Morgan fingerprint density at radius 1 is 0.526 bits per heavy atom. The van der Waals surface area contributed by atoms with Gasteiger partial charge in [-0.2, -0.15) is 0 Å². The van der Waals surface area contributed by atoms with Gasteiger partial charge in [-0.15, -0.1) is 0 Å². The first-order chi connectivity index (χ1) is 18.5. The van der Waals surface area contributed by atoms with E-state index in [0.29, 0.717) is 0 Å². The third-order valence-electron chi connectivity index (χ3n) is 9.36. The van der Waals surface area contributed by atoms with Crippen molar-refractivity contribution in [3.63, 3.8) is 0 Å². The van der Waals surface area contributed by atoms with Gasteiger partial charge in [-0.1, -0.05) is 0 Å². The predicted octanol–water partition coefficient (Wildman–Crippen LogP) is 10.8. The number of hydrogen-bond acceptors (Lipinski definition) is 0. The first-order valence-electron chi connectivity index (χ1n) is 14.4. The van der Waals surface area contributed by atoms with E-state index in [1.165, 1.54) is 82.3 Å². The van der Waals surface area contributed by atoms with Crippen molar-refractivity contribution < 1.29 is 15.3 Å². The zero-order chi connectivity index (χ0) is 26.4. The van der Waals surface area contributed by atoms with Crippen LogP contribution in [0.1, 0.15) is 69.1 Å². The quantitative estimate of drug-likeness (QED) is 0.151. The molecule has 0 nitrogen and oxygen atoms in total. The molecule has 4 heteroatoms. The maximum atomic E-state index is 8.80. The van der Waals surface area contributed by atoms with E-state index >= 15 is 0 Å². The van der Waals surface area contributed by atoms with Crippen LogP contribution in [0, 0.1) is 0 Å². The van der Waals surface area contributed by atoms with Crippen molar-refractivity contribution in [3.05, 3.63) is 119 Å². The molecule has 0 fully saturated rings. The Kier molecular flexibility index (Phi) is 7.40. The zero-order valence-electron chi connectivity index (χ0n) is 22.5. The summed E-state index contributed by atoms with van der Waals surface area (Å²) in [6, 6.07) is 38.6. The molecule has 2 aliphatic carbocycles. The second-order valence-electron chi connectivity index (χ2n) is 11.4. The van der Waals surface area contributed by atoms with Gasteiger partial charge in [-0.05, 0) is 0 Å². The molecule has 0 bridgehead atoms.